The quantitative estimate of drug-likeness (QED) is 0.239. The summed E-state index contributed by atoms with van der Waals surface area (Å²) in [7, 11) is 0. The van der Waals surface area contributed by atoms with Gasteiger partial charge in [-0.3, -0.25) is 24.8 Å². The molecule has 1 atom stereocenters. The van der Waals surface area contributed by atoms with Crippen LogP contribution in [0.2, 0.25) is 0 Å². The molecule has 2 heterocycles. The average molecular weight is 299 g/mol. The fourth-order valence-corrected chi connectivity index (χ4v) is 1.19. The Kier molecular flexibility index (Phi) is 5.33. The fraction of sp³-hybridized carbons (Fsp3) is 0.222. The van der Waals surface area contributed by atoms with E-state index < -0.39 is 24.4 Å². The lowest BCUT2D eigenvalue weighted by Gasteiger charge is -1.99. The predicted octanol–water partition coefficient (Wildman–Crippen LogP) is -2.20. The Bertz CT molecular complexity index is 693. The van der Waals surface area contributed by atoms with Crippen LogP contribution in [0.25, 0.3) is 11.2 Å². The second kappa shape index (κ2) is 6.97. The van der Waals surface area contributed by atoms with Crippen LogP contribution in [0.15, 0.2) is 11.1 Å². The number of imidazole rings is 1. The normalized spacial score (nSPS) is 11.3. The molecule has 12 nitrogen and oxygen atoms in total. The number of nitrogens with one attached hydrogen (secondary N) is 3. The number of H-pyrrole nitrogens is 2. The lowest BCUT2D eigenvalue weighted by Crippen LogP contribution is -2.32. The van der Waals surface area contributed by atoms with E-state index in [9.17, 15) is 14.4 Å². The summed E-state index contributed by atoms with van der Waals surface area (Å²) in [6.45, 7) is 0. The largest absolute Gasteiger partial charge is 0.481 e. The number of carbonyl (C=O) groups is 2. The molecule has 2 aromatic heterocycles. The van der Waals surface area contributed by atoms with E-state index in [2.05, 4.69) is 25.4 Å². The molecule has 9 N–H and O–H groups in total. The van der Waals surface area contributed by atoms with Crippen molar-refractivity contribution in [2.75, 3.05) is 5.43 Å². The molecule has 2 rings (SSSR count). The minimum Gasteiger partial charge on any atom is -0.481 e. The van der Waals surface area contributed by atoms with Crippen LogP contribution in [0.3, 0.4) is 0 Å². The van der Waals surface area contributed by atoms with Gasteiger partial charge in [0.1, 0.15) is 6.04 Å². The third-order valence-electron chi connectivity index (χ3n) is 2.14. The molecule has 0 unspecified atom stereocenters. The summed E-state index contributed by atoms with van der Waals surface area (Å²) in [5, 5.41) is 16.0. The average Bonchev–Trinajstić information content (AvgIpc) is 2.87. The van der Waals surface area contributed by atoms with Crippen molar-refractivity contribution in [2.24, 2.45) is 11.6 Å². The smallest absolute Gasteiger partial charge is 0.321 e. The van der Waals surface area contributed by atoms with Gasteiger partial charge in [-0.25, -0.2) is 10.8 Å². The number of nitrogens with zero attached hydrogens (tertiary/aromatic N) is 2. The third-order valence-corrected chi connectivity index (χ3v) is 2.14. The Labute approximate surface area is 116 Å². The molecular formula is C9H13N7O5. The highest BCUT2D eigenvalue weighted by atomic mass is 16.4. The lowest BCUT2D eigenvalue weighted by atomic mass is 10.2. The summed E-state index contributed by atoms with van der Waals surface area (Å²) in [6, 6.07) is -1.29. The molecule has 21 heavy (non-hydrogen) atoms. The molecule has 0 aliphatic carbocycles. The van der Waals surface area contributed by atoms with Crippen molar-refractivity contribution in [1.29, 1.82) is 0 Å². The zero-order chi connectivity index (χ0) is 16.0. The molecule has 0 spiro atoms. The Hall–Kier alpha value is -2.99. The number of hydrogen-bond acceptors (Lipinski definition) is 8. The number of hydrazine groups is 1. The van der Waals surface area contributed by atoms with Gasteiger partial charge in [-0.2, -0.15) is 4.98 Å². The predicted molar refractivity (Wildman–Crippen MR) is 70.2 cm³/mol. The van der Waals surface area contributed by atoms with E-state index in [1.54, 1.807) is 0 Å². The number of nitrogen functional groups attached to an aromatic ring is 1. The van der Waals surface area contributed by atoms with Crippen LogP contribution in [-0.2, 0) is 9.59 Å². The molecule has 0 saturated heterocycles. The molecule has 0 aliphatic rings. The number of aromatic amines is 2. The van der Waals surface area contributed by atoms with E-state index in [1.807, 2.05) is 0 Å². The van der Waals surface area contributed by atoms with E-state index in [-0.39, 0.29) is 11.5 Å². The number of anilines is 1. The topological polar surface area (TPSA) is 213 Å². The van der Waals surface area contributed by atoms with Crippen LogP contribution in [0.5, 0.6) is 0 Å². The number of rotatable bonds is 4. The highest BCUT2D eigenvalue weighted by Gasteiger charge is 2.14. The van der Waals surface area contributed by atoms with Crippen molar-refractivity contribution in [2.45, 2.75) is 12.5 Å². The van der Waals surface area contributed by atoms with Gasteiger partial charge in [0, 0.05) is 0 Å². The van der Waals surface area contributed by atoms with Crippen LogP contribution in [0.1, 0.15) is 6.42 Å². The molecule has 0 aliphatic heterocycles. The number of fused-ring (bicyclic) bond motifs is 1. The second-order valence-electron chi connectivity index (χ2n) is 3.70. The highest BCUT2D eigenvalue weighted by Crippen LogP contribution is 2.00. The molecule has 0 aromatic carbocycles. The van der Waals surface area contributed by atoms with Crippen molar-refractivity contribution < 1.29 is 19.8 Å². The SMILES string of the molecule is NNc1nc2nc[nH]c2c(=O)[nH]1.N[C@@H](CC(=O)O)C(=O)O. The van der Waals surface area contributed by atoms with Gasteiger partial charge < -0.3 is 20.9 Å². The van der Waals surface area contributed by atoms with Crippen LogP contribution in [0, 0.1) is 0 Å². The monoisotopic (exact) mass is 299 g/mol. The van der Waals surface area contributed by atoms with Crippen molar-refractivity contribution >= 4 is 29.1 Å². The van der Waals surface area contributed by atoms with Gasteiger partial charge >= 0.3 is 11.9 Å². The minimum atomic E-state index is -1.29. The Morgan fingerprint density at radius 2 is 2.10 bits per heavy atom. The van der Waals surface area contributed by atoms with Crippen molar-refractivity contribution in [3.8, 4) is 0 Å². The third kappa shape index (κ3) is 4.55. The molecule has 0 saturated carbocycles. The zero-order valence-corrected chi connectivity index (χ0v) is 10.5. The number of carboxylic acid groups (broad SMARTS) is 2. The molecule has 0 fully saturated rings. The summed E-state index contributed by atoms with van der Waals surface area (Å²) in [5.74, 6) is 2.75. The maximum absolute atomic E-state index is 11.2. The highest BCUT2D eigenvalue weighted by molar-refractivity contribution is 5.80. The maximum atomic E-state index is 11.2. The van der Waals surface area contributed by atoms with Crippen molar-refractivity contribution in [3.05, 3.63) is 16.7 Å². The fourth-order valence-electron chi connectivity index (χ4n) is 1.19. The number of hydrogen-bond donors (Lipinski definition) is 7. The summed E-state index contributed by atoms with van der Waals surface area (Å²) in [6.07, 6.45) is 0.864. The molecule has 12 heteroatoms. The number of nitrogens with two attached hydrogens (primary N) is 2. The van der Waals surface area contributed by atoms with Gasteiger partial charge in [-0.1, -0.05) is 0 Å². The molecule has 2 aromatic rings. The molecular weight excluding hydrogens is 286 g/mol. The summed E-state index contributed by atoms with van der Waals surface area (Å²) < 4.78 is 0. The van der Waals surface area contributed by atoms with Crippen molar-refractivity contribution in [1.82, 2.24) is 19.9 Å². The van der Waals surface area contributed by atoms with Crippen LogP contribution >= 0.6 is 0 Å². The van der Waals surface area contributed by atoms with Crippen LogP contribution in [0.4, 0.5) is 5.95 Å². The van der Waals surface area contributed by atoms with E-state index in [1.165, 1.54) is 6.33 Å². The first kappa shape index (κ1) is 16.1. The van der Waals surface area contributed by atoms with Crippen LogP contribution < -0.4 is 22.6 Å². The van der Waals surface area contributed by atoms with E-state index >= 15 is 0 Å². The van der Waals surface area contributed by atoms with Gasteiger partial charge in [0.15, 0.2) is 11.2 Å². The Morgan fingerprint density at radius 1 is 1.43 bits per heavy atom. The Balaban J connectivity index is 0.000000222. The van der Waals surface area contributed by atoms with Gasteiger partial charge in [-0.05, 0) is 0 Å². The molecule has 114 valence electrons. The maximum Gasteiger partial charge on any atom is 0.321 e. The minimum absolute atomic E-state index is 0.194. The molecule has 0 amide bonds. The van der Waals surface area contributed by atoms with Gasteiger partial charge in [-0.15, -0.1) is 0 Å². The standard InChI is InChI=1S/C5H6N6O.C4H7NO4/c6-11-5-9-3-2(4(12)10-5)7-1-8-3;5-2(4(8)9)1-3(6)7/h1H,6H2,(H3,7,8,9,10,11,12);2H,1,5H2,(H,6,7)(H,8,9)/t;2-/m.0/s1. The second-order valence-corrected chi connectivity index (χ2v) is 3.70. The first-order valence-corrected chi connectivity index (χ1v) is 5.45. The van der Waals surface area contributed by atoms with Crippen LogP contribution in [-0.4, -0.2) is 48.1 Å². The number of aliphatic carboxylic acids is 2. The Morgan fingerprint density at radius 3 is 2.57 bits per heavy atom. The number of carboxylic acids is 2. The van der Waals surface area contributed by atoms with Crippen molar-refractivity contribution in [3.63, 3.8) is 0 Å². The zero-order valence-electron chi connectivity index (χ0n) is 10.5. The summed E-state index contributed by atoms with van der Waals surface area (Å²) in [4.78, 5) is 43.5. The summed E-state index contributed by atoms with van der Waals surface area (Å²) >= 11 is 0. The van der Waals surface area contributed by atoms with Gasteiger partial charge in [0.25, 0.3) is 5.56 Å². The molecule has 0 bridgehead atoms. The number of aromatic nitrogens is 4. The van der Waals surface area contributed by atoms with Gasteiger partial charge in [0.2, 0.25) is 5.95 Å². The van der Waals surface area contributed by atoms with E-state index in [0.717, 1.165) is 0 Å². The van der Waals surface area contributed by atoms with Gasteiger partial charge in [0.05, 0.1) is 12.7 Å². The lowest BCUT2D eigenvalue weighted by molar-refractivity contribution is -0.144. The summed E-state index contributed by atoms with van der Waals surface area (Å²) in [5.41, 5.74) is 7.45. The molecule has 0 radical (unpaired) electrons. The van der Waals surface area contributed by atoms with E-state index in [0.29, 0.717) is 11.2 Å². The van der Waals surface area contributed by atoms with E-state index in [4.69, 9.17) is 21.8 Å². The first-order chi connectivity index (χ1) is 9.85. The first-order valence-electron chi connectivity index (χ1n) is 5.45.